The molecule has 86 valence electrons. The molecule has 3 rings (SSSR count). The molecule has 2 nitrogen and oxygen atoms in total. The fraction of sp³-hybridized carbons (Fsp3) is 0.571. The molecule has 2 N–H and O–H groups in total. The molecular weight excluding hydrogens is 200 g/mol. The summed E-state index contributed by atoms with van der Waals surface area (Å²) < 4.78 is 0. The van der Waals surface area contributed by atoms with E-state index in [0.29, 0.717) is 5.92 Å². The number of rotatable bonds is 0. The molecule has 2 heteroatoms. The second-order valence-corrected chi connectivity index (χ2v) is 5.20. The van der Waals surface area contributed by atoms with Gasteiger partial charge in [-0.2, -0.15) is 0 Å². The Balaban J connectivity index is 2.09. The third-order valence-corrected chi connectivity index (χ3v) is 4.35. The quantitative estimate of drug-likeness (QED) is 0.656. The number of hydrogen-bond donors (Lipinski definition) is 2. The van der Waals surface area contributed by atoms with Gasteiger partial charge in [0.1, 0.15) is 0 Å². The van der Waals surface area contributed by atoms with Crippen molar-refractivity contribution in [3.8, 4) is 11.5 Å². The first-order valence-corrected chi connectivity index (χ1v) is 6.31. The molecule has 1 saturated carbocycles. The van der Waals surface area contributed by atoms with Crippen LogP contribution in [0.3, 0.4) is 0 Å². The summed E-state index contributed by atoms with van der Waals surface area (Å²) in [7, 11) is 0. The number of phenolic OH excluding ortho intramolecular Hbond substituents is 2. The van der Waals surface area contributed by atoms with E-state index in [-0.39, 0.29) is 11.5 Å². The van der Waals surface area contributed by atoms with Crippen molar-refractivity contribution in [1.29, 1.82) is 0 Å². The minimum Gasteiger partial charge on any atom is -0.504 e. The number of aromatic hydroxyl groups is 2. The summed E-state index contributed by atoms with van der Waals surface area (Å²) in [6, 6.07) is 3.60. The molecule has 1 unspecified atom stereocenters. The van der Waals surface area contributed by atoms with Gasteiger partial charge >= 0.3 is 0 Å². The van der Waals surface area contributed by atoms with Gasteiger partial charge in [0, 0.05) is 5.56 Å². The van der Waals surface area contributed by atoms with Crippen LogP contribution in [0.25, 0.3) is 0 Å². The minimum atomic E-state index is 0.0463. The molecule has 1 fully saturated rings. The Hall–Kier alpha value is -1.18. The van der Waals surface area contributed by atoms with E-state index in [1.807, 2.05) is 6.07 Å². The first kappa shape index (κ1) is 10.0. The maximum Gasteiger partial charge on any atom is 0.161 e. The number of benzene rings is 1. The fourth-order valence-electron chi connectivity index (χ4n) is 3.54. The maximum absolute atomic E-state index is 10.0. The van der Waals surface area contributed by atoms with Crippen LogP contribution in [0, 0.1) is 5.92 Å². The zero-order valence-corrected chi connectivity index (χ0v) is 9.45. The Morgan fingerprint density at radius 1 is 1.00 bits per heavy atom. The Kier molecular flexibility index (Phi) is 2.31. The van der Waals surface area contributed by atoms with Crippen LogP contribution in [0.15, 0.2) is 12.1 Å². The lowest BCUT2D eigenvalue weighted by Crippen LogP contribution is -2.24. The minimum absolute atomic E-state index is 0.0463. The molecule has 0 saturated heterocycles. The van der Waals surface area contributed by atoms with Crippen molar-refractivity contribution in [2.24, 2.45) is 5.92 Å². The van der Waals surface area contributed by atoms with E-state index in [9.17, 15) is 10.2 Å². The summed E-state index contributed by atoms with van der Waals surface area (Å²) in [5.41, 5.74) is 2.30. The number of hydrogen-bond acceptors (Lipinski definition) is 2. The largest absolute Gasteiger partial charge is 0.504 e. The van der Waals surface area contributed by atoms with Crippen LogP contribution in [0.2, 0.25) is 0 Å². The summed E-state index contributed by atoms with van der Waals surface area (Å²) in [6.45, 7) is 0. The van der Waals surface area contributed by atoms with Crippen LogP contribution in [-0.4, -0.2) is 10.2 Å². The molecule has 0 aromatic heterocycles. The average Bonchev–Trinajstić information content (AvgIpc) is 2.33. The molecule has 0 spiro atoms. The molecule has 2 atom stereocenters. The number of fused-ring (bicyclic) bond motifs is 3. The average molecular weight is 218 g/mol. The molecule has 16 heavy (non-hydrogen) atoms. The van der Waals surface area contributed by atoms with E-state index in [4.69, 9.17) is 0 Å². The van der Waals surface area contributed by atoms with Gasteiger partial charge in [0.25, 0.3) is 0 Å². The summed E-state index contributed by atoms with van der Waals surface area (Å²) in [4.78, 5) is 0. The van der Waals surface area contributed by atoms with Crippen molar-refractivity contribution in [3.63, 3.8) is 0 Å². The van der Waals surface area contributed by atoms with E-state index < -0.39 is 0 Å². The number of phenols is 2. The van der Waals surface area contributed by atoms with Crippen LogP contribution in [0.1, 0.15) is 49.1 Å². The van der Waals surface area contributed by atoms with Crippen LogP contribution in [0.5, 0.6) is 11.5 Å². The highest BCUT2D eigenvalue weighted by molar-refractivity contribution is 5.52. The first-order chi connectivity index (χ1) is 7.77. The Labute approximate surface area is 95.9 Å². The molecule has 0 heterocycles. The summed E-state index contributed by atoms with van der Waals surface area (Å²) >= 11 is 0. The molecular formula is C14H18O2. The van der Waals surface area contributed by atoms with Crippen molar-refractivity contribution < 1.29 is 10.2 Å². The normalized spacial score (nSPS) is 28.2. The van der Waals surface area contributed by atoms with Gasteiger partial charge in [-0.05, 0) is 49.1 Å². The Morgan fingerprint density at radius 2 is 1.81 bits per heavy atom. The SMILES string of the molecule is Oc1ccc2c(c1O)C1CCCC[C@@H]1CC2. The summed E-state index contributed by atoms with van der Waals surface area (Å²) in [5.74, 6) is 1.41. The Bertz CT molecular complexity index is 411. The predicted octanol–water partition coefficient (Wildman–Crippen LogP) is 3.32. The van der Waals surface area contributed by atoms with Gasteiger partial charge in [-0.3, -0.25) is 0 Å². The van der Waals surface area contributed by atoms with Gasteiger partial charge in [0.15, 0.2) is 11.5 Å². The highest BCUT2D eigenvalue weighted by Gasteiger charge is 2.34. The van der Waals surface area contributed by atoms with Crippen LogP contribution < -0.4 is 0 Å². The van der Waals surface area contributed by atoms with Crippen LogP contribution in [0.4, 0.5) is 0 Å². The van der Waals surface area contributed by atoms with Gasteiger partial charge in [0.2, 0.25) is 0 Å². The van der Waals surface area contributed by atoms with E-state index in [1.165, 1.54) is 37.7 Å². The van der Waals surface area contributed by atoms with Crippen LogP contribution >= 0.6 is 0 Å². The van der Waals surface area contributed by atoms with Gasteiger partial charge in [-0.1, -0.05) is 18.9 Å². The lowest BCUT2D eigenvalue weighted by molar-refractivity contribution is 0.266. The van der Waals surface area contributed by atoms with Gasteiger partial charge in [-0.25, -0.2) is 0 Å². The highest BCUT2D eigenvalue weighted by atomic mass is 16.3. The highest BCUT2D eigenvalue weighted by Crippen LogP contribution is 2.50. The molecule has 2 aliphatic carbocycles. The molecule has 2 aliphatic rings. The molecule has 0 radical (unpaired) electrons. The van der Waals surface area contributed by atoms with E-state index in [1.54, 1.807) is 6.07 Å². The first-order valence-electron chi connectivity index (χ1n) is 6.31. The van der Waals surface area contributed by atoms with E-state index >= 15 is 0 Å². The van der Waals surface area contributed by atoms with Crippen molar-refractivity contribution in [3.05, 3.63) is 23.3 Å². The monoisotopic (exact) mass is 218 g/mol. The van der Waals surface area contributed by atoms with Crippen molar-refractivity contribution in [1.82, 2.24) is 0 Å². The molecule has 1 aromatic carbocycles. The lowest BCUT2D eigenvalue weighted by Gasteiger charge is -2.37. The summed E-state index contributed by atoms with van der Waals surface area (Å²) in [6.07, 6.45) is 7.37. The van der Waals surface area contributed by atoms with Crippen molar-refractivity contribution in [2.75, 3.05) is 0 Å². The van der Waals surface area contributed by atoms with Gasteiger partial charge < -0.3 is 10.2 Å². The molecule has 1 aromatic rings. The van der Waals surface area contributed by atoms with Crippen molar-refractivity contribution >= 4 is 0 Å². The van der Waals surface area contributed by atoms with Crippen LogP contribution in [-0.2, 0) is 6.42 Å². The lowest BCUT2D eigenvalue weighted by atomic mass is 9.68. The fourth-order valence-corrected chi connectivity index (χ4v) is 3.54. The maximum atomic E-state index is 10.0. The van der Waals surface area contributed by atoms with E-state index in [2.05, 4.69) is 0 Å². The Morgan fingerprint density at radius 3 is 2.69 bits per heavy atom. The predicted molar refractivity (Wildman–Crippen MR) is 62.8 cm³/mol. The standard InChI is InChI=1S/C14H18O2/c15-12-8-7-10-6-5-9-3-1-2-4-11(9)13(10)14(12)16/h7-9,11,15-16H,1-6H2/t9-,11?/m1/s1. The second-order valence-electron chi connectivity index (χ2n) is 5.20. The zero-order valence-electron chi connectivity index (χ0n) is 9.45. The smallest absolute Gasteiger partial charge is 0.161 e. The molecule has 0 aliphatic heterocycles. The second kappa shape index (κ2) is 3.69. The zero-order chi connectivity index (χ0) is 11.1. The van der Waals surface area contributed by atoms with E-state index in [0.717, 1.165) is 17.9 Å². The third-order valence-electron chi connectivity index (χ3n) is 4.35. The van der Waals surface area contributed by atoms with Gasteiger partial charge in [0.05, 0.1) is 0 Å². The summed E-state index contributed by atoms with van der Waals surface area (Å²) in [5, 5.41) is 19.6. The molecule has 0 amide bonds. The third kappa shape index (κ3) is 1.40. The topological polar surface area (TPSA) is 40.5 Å². The van der Waals surface area contributed by atoms with Crippen molar-refractivity contribution in [2.45, 2.75) is 44.4 Å². The van der Waals surface area contributed by atoms with Gasteiger partial charge in [-0.15, -0.1) is 0 Å². The number of aryl methyl sites for hydroxylation is 1. The molecule has 0 bridgehead atoms.